The Balaban J connectivity index is 1.38. The molecule has 0 bridgehead atoms. The number of hydroxylamine groups is 2. The molecular formula is C19H18ClN3O6S. The van der Waals surface area contributed by atoms with Crippen molar-refractivity contribution in [2.45, 2.75) is 6.10 Å². The van der Waals surface area contributed by atoms with Crippen LogP contribution in [0.25, 0.3) is 0 Å². The summed E-state index contributed by atoms with van der Waals surface area (Å²) < 4.78 is 10.8. The van der Waals surface area contributed by atoms with Crippen LogP contribution in [0.3, 0.4) is 0 Å². The maximum absolute atomic E-state index is 12.3. The van der Waals surface area contributed by atoms with Crippen LogP contribution in [0.4, 0.5) is 16.2 Å². The van der Waals surface area contributed by atoms with Gasteiger partial charge in [0.25, 0.3) is 11.8 Å². The smallest absolute Gasteiger partial charge is 0.414 e. The fraction of sp³-hybridized carbons (Fsp3) is 0.316. The molecule has 158 valence electrons. The molecule has 2 fully saturated rings. The van der Waals surface area contributed by atoms with E-state index in [1.807, 2.05) is 0 Å². The first-order chi connectivity index (χ1) is 14.4. The first kappa shape index (κ1) is 20.6. The average Bonchev–Trinajstić information content (AvgIpc) is 3.33. The Bertz CT molecular complexity index is 965. The molecule has 2 aliphatic rings. The van der Waals surface area contributed by atoms with Gasteiger partial charge in [-0.3, -0.25) is 19.7 Å². The van der Waals surface area contributed by atoms with Crippen molar-refractivity contribution in [3.05, 3.63) is 45.6 Å². The van der Waals surface area contributed by atoms with Gasteiger partial charge in [-0.15, -0.1) is 11.3 Å². The highest BCUT2D eigenvalue weighted by Gasteiger charge is 2.35. The zero-order chi connectivity index (χ0) is 21.3. The molecule has 1 atom stereocenters. The van der Waals surface area contributed by atoms with E-state index in [1.54, 1.807) is 35.2 Å². The predicted octanol–water partition coefficient (Wildman–Crippen LogP) is 2.62. The minimum atomic E-state index is -0.692. The van der Waals surface area contributed by atoms with Crippen molar-refractivity contribution in [1.29, 1.82) is 0 Å². The van der Waals surface area contributed by atoms with E-state index in [0.29, 0.717) is 28.2 Å². The molecule has 1 aromatic heterocycles. The van der Waals surface area contributed by atoms with E-state index < -0.39 is 18.1 Å². The molecule has 0 radical (unpaired) electrons. The molecule has 0 aliphatic carbocycles. The van der Waals surface area contributed by atoms with Crippen LogP contribution in [0.15, 0.2) is 36.4 Å². The van der Waals surface area contributed by atoms with Crippen molar-refractivity contribution in [2.75, 3.05) is 42.6 Å². The highest BCUT2D eigenvalue weighted by atomic mass is 35.5. The molecule has 2 saturated heterocycles. The third kappa shape index (κ3) is 4.26. The monoisotopic (exact) mass is 451 g/mol. The van der Waals surface area contributed by atoms with Crippen molar-refractivity contribution in [2.24, 2.45) is 0 Å². The van der Waals surface area contributed by atoms with Gasteiger partial charge in [0.05, 0.1) is 28.9 Å². The number of cyclic esters (lactones) is 1. The first-order valence-electron chi connectivity index (χ1n) is 9.15. The molecular weight excluding hydrogens is 434 g/mol. The normalized spacial score (nSPS) is 19.2. The number of thiophene rings is 1. The third-order valence-corrected chi connectivity index (χ3v) is 5.95. The Morgan fingerprint density at radius 1 is 1.17 bits per heavy atom. The number of benzene rings is 1. The van der Waals surface area contributed by atoms with Crippen LogP contribution < -0.4 is 9.80 Å². The van der Waals surface area contributed by atoms with Crippen LogP contribution in [-0.2, 0) is 14.3 Å². The Morgan fingerprint density at radius 2 is 1.87 bits per heavy atom. The maximum atomic E-state index is 12.3. The number of ether oxygens (including phenoxy) is 2. The summed E-state index contributed by atoms with van der Waals surface area (Å²) in [5.74, 6) is -0.727. The minimum Gasteiger partial charge on any atom is -0.442 e. The standard InChI is InChI=1S/C19H18ClN3O6S/c20-16-6-5-15(30-16)18(25)23(27)10-14-9-22(19(26)29-14)13-3-1-12(2-4-13)21-7-8-28-11-17(21)24/h1-6,14,27H,7-11H2/t14-/m1/s1. The van der Waals surface area contributed by atoms with Crippen LogP contribution in [-0.4, -0.2) is 67.1 Å². The quantitative estimate of drug-likeness (QED) is 0.554. The summed E-state index contributed by atoms with van der Waals surface area (Å²) >= 11 is 6.87. The van der Waals surface area contributed by atoms with E-state index in [4.69, 9.17) is 21.1 Å². The molecule has 9 nitrogen and oxygen atoms in total. The van der Waals surface area contributed by atoms with E-state index in [9.17, 15) is 19.6 Å². The van der Waals surface area contributed by atoms with Gasteiger partial charge in [-0.2, -0.15) is 0 Å². The van der Waals surface area contributed by atoms with Gasteiger partial charge in [0, 0.05) is 17.9 Å². The third-order valence-electron chi connectivity index (χ3n) is 4.73. The Labute approximate surface area is 180 Å². The van der Waals surface area contributed by atoms with Crippen molar-refractivity contribution in [3.8, 4) is 0 Å². The fourth-order valence-corrected chi connectivity index (χ4v) is 4.25. The number of amides is 3. The second-order valence-corrected chi connectivity index (χ2v) is 8.44. The summed E-state index contributed by atoms with van der Waals surface area (Å²) in [7, 11) is 0. The molecule has 0 saturated carbocycles. The summed E-state index contributed by atoms with van der Waals surface area (Å²) in [6, 6.07) is 10.0. The van der Waals surface area contributed by atoms with Crippen molar-refractivity contribution >= 4 is 52.2 Å². The summed E-state index contributed by atoms with van der Waals surface area (Å²) in [4.78, 5) is 39.8. The number of carbonyl (C=O) groups is 3. The number of hydrogen-bond acceptors (Lipinski definition) is 7. The summed E-state index contributed by atoms with van der Waals surface area (Å²) in [6.07, 6.45) is -1.27. The molecule has 3 heterocycles. The lowest BCUT2D eigenvalue weighted by Crippen LogP contribution is -2.41. The summed E-state index contributed by atoms with van der Waals surface area (Å²) in [5.41, 5.74) is 1.31. The lowest BCUT2D eigenvalue weighted by Gasteiger charge is -2.27. The Morgan fingerprint density at radius 3 is 2.50 bits per heavy atom. The fourth-order valence-electron chi connectivity index (χ4n) is 3.26. The van der Waals surface area contributed by atoms with Crippen molar-refractivity contribution in [1.82, 2.24) is 5.06 Å². The number of nitrogens with zero attached hydrogens (tertiary/aromatic N) is 3. The zero-order valence-electron chi connectivity index (χ0n) is 15.7. The number of rotatable bonds is 5. The number of hydrogen-bond donors (Lipinski definition) is 1. The van der Waals surface area contributed by atoms with Crippen LogP contribution in [0, 0.1) is 0 Å². The van der Waals surface area contributed by atoms with Gasteiger partial charge in [0.1, 0.15) is 12.7 Å². The minimum absolute atomic E-state index is 0.0515. The Kier molecular flexibility index (Phi) is 5.91. The van der Waals surface area contributed by atoms with Crippen molar-refractivity contribution < 1.29 is 29.1 Å². The van der Waals surface area contributed by atoms with Crippen LogP contribution >= 0.6 is 22.9 Å². The molecule has 4 rings (SSSR count). The second-order valence-electron chi connectivity index (χ2n) is 6.72. The topological polar surface area (TPSA) is 99.6 Å². The number of morpholine rings is 1. The van der Waals surface area contributed by atoms with Gasteiger partial charge in [0.2, 0.25) is 0 Å². The molecule has 11 heteroatoms. The van der Waals surface area contributed by atoms with Crippen LogP contribution in [0.5, 0.6) is 0 Å². The molecule has 1 N–H and O–H groups in total. The van der Waals surface area contributed by atoms with Crippen LogP contribution in [0.1, 0.15) is 9.67 Å². The lowest BCUT2D eigenvalue weighted by molar-refractivity contribution is -0.125. The lowest BCUT2D eigenvalue weighted by atomic mass is 10.2. The molecule has 0 unspecified atom stereocenters. The number of anilines is 2. The highest BCUT2D eigenvalue weighted by Crippen LogP contribution is 2.27. The Hall–Kier alpha value is -2.66. The van der Waals surface area contributed by atoms with E-state index in [1.165, 1.54) is 11.0 Å². The van der Waals surface area contributed by atoms with Gasteiger partial charge < -0.3 is 14.4 Å². The molecule has 2 aromatic rings. The molecule has 30 heavy (non-hydrogen) atoms. The predicted molar refractivity (Wildman–Crippen MR) is 109 cm³/mol. The molecule has 1 aromatic carbocycles. The van der Waals surface area contributed by atoms with E-state index in [0.717, 1.165) is 17.0 Å². The largest absolute Gasteiger partial charge is 0.442 e. The van der Waals surface area contributed by atoms with Crippen molar-refractivity contribution in [3.63, 3.8) is 0 Å². The van der Waals surface area contributed by atoms with Gasteiger partial charge in [0.15, 0.2) is 0 Å². The maximum Gasteiger partial charge on any atom is 0.414 e. The van der Waals surface area contributed by atoms with Crippen LogP contribution in [0.2, 0.25) is 4.34 Å². The number of halogens is 1. The second kappa shape index (κ2) is 8.60. The van der Waals surface area contributed by atoms with E-state index in [-0.39, 0.29) is 30.5 Å². The van der Waals surface area contributed by atoms with Gasteiger partial charge in [-0.25, -0.2) is 9.86 Å². The van der Waals surface area contributed by atoms with E-state index in [2.05, 4.69) is 0 Å². The van der Waals surface area contributed by atoms with Gasteiger partial charge in [-0.1, -0.05) is 11.6 Å². The summed E-state index contributed by atoms with van der Waals surface area (Å²) in [6.45, 7) is 1.00. The molecule has 2 aliphatic heterocycles. The van der Waals surface area contributed by atoms with E-state index >= 15 is 0 Å². The first-order valence-corrected chi connectivity index (χ1v) is 10.3. The van der Waals surface area contributed by atoms with Gasteiger partial charge in [-0.05, 0) is 36.4 Å². The summed E-state index contributed by atoms with van der Waals surface area (Å²) in [5, 5.41) is 10.6. The average molecular weight is 452 g/mol. The highest BCUT2D eigenvalue weighted by molar-refractivity contribution is 7.17. The SMILES string of the molecule is O=C(c1ccc(Cl)s1)N(O)C[C@H]1CN(c2ccc(N3CCOCC3=O)cc2)C(=O)O1. The molecule has 3 amide bonds. The zero-order valence-corrected chi connectivity index (χ0v) is 17.3. The van der Waals surface area contributed by atoms with Gasteiger partial charge >= 0.3 is 6.09 Å². The molecule has 0 spiro atoms. The number of carbonyl (C=O) groups excluding carboxylic acids is 3.